The Morgan fingerprint density at radius 3 is 2.62 bits per heavy atom. The van der Waals surface area contributed by atoms with Gasteiger partial charge in [-0.3, -0.25) is 5.41 Å². The number of nitrogens with one attached hydrogen (secondary N) is 1. The average molecular weight is 180 g/mol. The van der Waals surface area contributed by atoms with E-state index in [0.29, 0.717) is 5.41 Å². The lowest BCUT2D eigenvalue weighted by Gasteiger charge is -2.24. The number of likely N-dealkylation sites (tertiary alicyclic amines) is 1. The third kappa shape index (κ3) is 1.59. The molecule has 0 amide bonds. The standard InChI is InChI=1S/C11H20N2/c1-2-10(12)13-8-7-11(9-13)5-3-4-6-11/h12H,2-9H2,1H3. The summed E-state index contributed by atoms with van der Waals surface area (Å²) in [5.41, 5.74) is 0.626. The monoisotopic (exact) mass is 180 g/mol. The molecule has 0 unspecified atom stereocenters. The summed E-state index contributed by atoms with van der Waals surface area (Å²) in [6, 6.07) is 0. The van der Waals surface area contributed by atoms with Crippen molar-refractivity contribution in [1.29, 1.82) is 5.41 Å². The maximum Gasteiger partial charge on any atom is 0.0955 e. The molecule has 1 heterocycles. The van der Waals surface area contributed by atoms with Crippen LogP contribution < -0.4 is 0 Å². The molecule has 0 radical (unpaired) electrons. The largest absolute Gasteiger partial charge is 0.360 e. The van der Waals surface area contributed by atoms with Gasteiger partial charge in [-0.25, -0.2) is 0 Å². The quantitative estimate of drug-likeness (QED) is 0.487. The summed E-state index contributed by atoms with van der Waals surface area (Å²) in [6.07, 6.45) is 7.92. The molecule has 1 aliphatic carbocycles. The number of hydrogen-bond acceptors (Lipinski definition) is 1. The molecule has 0 aromatic carbocycles. The first-order chi connectivity index (χ1) is 6.26. The van der Waals surface area contributed by atoms with Crippen LogP contribution in [0.1, 0.15) is 45.4 Å². The third-order valence-electron chi connectivity index (χ3n) is 3.82. The lowest BCUT2D eigenvalue weighted by molar-refractivity contribution is 0.310. The van der Waals surface area contributed by atoms with E-state index in [-0.39, 0.29) is 0 Å². The zero-order valence-electron chi connectivity index (χ0n) is 8.60. The molecule has 74 valence electrons. The molecule has 2 aliphatic rings. The van der Waals surface area contributed by atoms with Crippen molar-refractivity contribution < 1.29 is 0 Å². The highest BCUT2D eigenvalue weighted by molar-refractivity contribution is 5.79. The maximum absolute atomic E-state index is 7.81. The minimum absolute atomic E-state index is 0.626. The van der Waals surface area contributed by atoms with Crippen molar-refractivity contribution in [3.8, 4) is 0 Å². The summed E-state index contributed by atoms with van der Waals surface area (Å²) in [4.78, 5) is 2.30. The highest BCUT2D eigenvalue weighted by Gasteiger charge is 2.40. The molecular weight excluding hydrogens is 160 g/mol. The highest BCUT2D eigenvalue weighted by atomic mass is 15.2. The lowest BCUT2D eigenvalue weighted by Crippen LogP contribution is -2.29. The first-order valence-electron chi connectivity index (χ1n) is 5.58. The second-order valence-electron chi connectivity index (χ2n) is 4.68. The highest BCUT2D eigenvalue weighted by Crippen LogP contribution is 2.45. The Bertz CT molecular complexity index is 204. The van der Waals surface area contributed by atoms with Gasteiger partial charge in [0.25, 0.3) is 0 Å². The summed E-state index contributed by atoms with van der Waals surface area (Å²) < 4.78 is 0. The molecule has 1 aliphatic heterocycles. The number of nitrogens with zero attached hydrogens (tertiary/aromatic N) is 1. The van der Waals surface area contributed by atoms with Gasteiger partial charge >= 0.3 is 0 Å². The van der Waals surface area contributed by atoms with Crippen LogP contribution in [0.3, 0.4) is 0 Å². The van der Waals surface area contributed by atoms with Crippen molar-refractivity contribution in [2.45, 2.75) is 45.4 Å². The van der Waals surface area contributed by atoms with Crippen molar-refractivity contribution in [2.75, 3.05) is 13.1 Å². The molecule has 2 fully saturated rings. The Labute approximate surface area is 80.8 Å². The second kappa shape index (κ2) is 3.32. The second-order valence-corrected chi connectivity index (χ2v) is 4.68. The first-order valence-corrected chi connectivity index (χ1v) is 5.58. The van der Waals surface area contributed by atoms with Crippen LogP contribution in [0.5, 0.6) is 0 Å². The summed E-state index contributed by atoms with van der Waals surface area (Å²) in [6.45, 7) is 4.41. The van der Waals surface area contributed by atoms with Gasteiger partial charge in [0.1, 0.15) is 0 Å². The SMILES string of the molecule is CCC(=N)N1CCC2(CCCC2)C1. The van der Waals surface area contributed by atoms with Crippen molar-refractivity contribution in [1.82, 2.24) is 4.90 Å². The Morgan fingerprint density at radius 2 is 2.00 bits per heavy atom. The van der Waals surface area contributed by atoms with Crippen LogP contribution in [0.4, 0.5) is 0 Å². The van der Waals surface area contributed by atoms with Crippen molar-refractivity contribution in [3.63, 3.8) is 0 Å². The molecule has 1 N–H and O–H groups in total. The van der Waals surface area contributed by atoms with E-state index < -0.39 is 0 Å². The fraction of sp³-hybridized carbons (Fsp3) is 0.909. The van der Waals surface area contributed by atoms with E-state index in [4.69, 9.17) is 5.41 Å². The van der Waals surface area contributed by atoms with Gasteiger partial charge in [-0.1, -0.05) is 19.8 Å². The molecule has 0 atom stereocenters. The van der Waals surface area contributed by atoms with Crippen LogP contribution in [0.25, 0.3) is 0 Å². The predicted octanol–water partition coefficient (Wildman–Crippen LogP) is 2.64. The fourth-order valence-electron chi connectivity index (χ4n) is 2.92. The van der Waals surface area contributed by atoms with E-state index in [9.17, 15) is 0 Å². The van der Waals surface area contributed by atoms with E-state index in [1.165, 1.54) is 38.6 Å². The predicted molar refractivity (Wildman–Crippen MR) is 55.1 cm³/mol. The molecular formula is C11H20N2. The van der Waals surface area contributed by atoms with Gasteiger partial charge in [-0.15, -0.1) is 0 Å². The lowest BCUT2D eigenvalue weighted by atomic mass is 9.86. The molecule has 0 aromatic heterocycles. The Balaban J connectivity index is 1.96. The van der Waals surface area contributed by atoms with Crippen LogP contribution in [-0.4, -0.2) is 23.8 Å². The average Bonchev–Trinajstić information content (AvgIpc) is 2.76. The zero-order chi connectivity index (χ0) is 9.31. The molecule has 2 nitrogen and oxygen atoms in total. The number of amidine groups is 1. The topological polar surface area (TPSA) is 27.1 Å². The minimum Gasteiger partial charge on any atom is -0.360 e. The maximum atomic E-state index is 7.81. The zero-order valence-corrected chi connectivity index (χ0v) is 8.60. The van der Waals surface area contributed by atoms with Gasteiger partial charge in [0.15, 0.2) is 0 Å². The van der Waals surface area contributed by atoms with Crippen molar-refractivity contribution in [2.24, 2.45) is 5.41 Å². The number of rotatable bonds is 1. The molecule has 1 saturated heterocycles. The Morgan fingerprint density at radius 1 is 1.31 bits per heavy atom. The molecule has 2 rings (SSSR count). The first kappa shape index (κ1) is 9.04. The van der Waals surface area contributed by atoms with Gasteiger partial charge in [0.05, 0.1) is 5.84 Å². The van der Waals surface area contributed by atoms with Crippen LogP contribution in [0.15, 0.2) is 0 Å². The van der Waals surface area contributed by atoms with E-state index >= 15 is 0 Å². The fourth-order valence-corrected chi connectivity index (χ4v) is 2.92. The van der Waals surface area contributed by atoms with Crippen molar-refractivity contribution in [3.05, 3.63) is 0 Å². The van der Waals surface area contributed by atoms with Crippen LogP contribution >= 0.6 is 0 Å². The third-order valence-corrected chi connectivity index (χ3v) is 3.82. The normalized spacial score (nSPS) is 25.8. The Kier molecular flexibility index (Phi) is 2.31. The van der Waals surface area contributed by atoms with Gasteiger partial charge in [-0.05, 0) is 24.7 Å². The van der Waals surface area contributed by atoms with E-state index in [2.05, 4.69) is 11.8 Å². The molecule has 1 saturated carbocycles. The van der Waals surface area contributed by atoms with Gasteiger partial charge < -0.3 is 4.90 Å². The van der Waals surface area contributed by atoms with E-state index in [0.717, 1.165) is 18.8 Å². The van der Waals surface area contributed by atoms with Crippen LogP contribution in [0, 0.1) is 10.8 Å². The van der Waals surface area contributed by atoms with Gasteiger partial charge in [0.2, 0.25) is 0 Å². The van der Waals surface area contributed by atoms with Crippen molar-refractivity contribution >= 4 is 5.84 Å². The molecule has 0 bridgehead atoms. The van der Waals surface area contributed by atoms with Crippen LogP contribution in [0.2, 0.25) is 0 Å². The van der Waals surface area contributed by atoms with E-state index in [1.807, 2.05) is 0 Å². The summed E-state index contributed by atoms with van der Waals surface area (Å²) in [5.74, 6) is 0.851. The summed E-state index contributed by atoms with van der Waals surface area (Å²) in [5, 5.41) is 7.81. The molecule has 1 spiro atoms. The van der Waals surface area contributed by atoms with E-state index in [1.54, 1.807) is 0 Å². The molecule has 0 aromatic rings. The van der Waals surface area contributed by atoms with Gasteiger partial charge in [-0.2, -0.15) is 0 Å². The number of hydrogen-bond donors (Lipinski definition) is 1. The summed E-state index contributed by atoms with van der Waals surface area (Å²) >= 11 is 0. The molecule has 2 heteroatoms. The van der Waals surface area contributed by atoms with Gasteiger partial charge in [0, 0.05) is 19.5 Å². The molecule has 13 heavy (non-hydrogen) atoms. The van der Waals surface area contributed by atoms with Crippen LogP contribution in [-0.2, 0) is 0 Å². The minimum atomic E-state index is 0.626. The smallest absolute Gasteiger partial charge is 0.0955 e. The Hall–Kier alpha value is -0.530. The summed E-state index contributed by atoms with van der Waals surface area (Å²) in [7, 11) is 0.